The standard InChI is InChI=1S/C39H49N5O8S/c1-2-28-23-39(28,37(47)43-53(49,50)30-18-19-30)42-34(45)32-22-29-24-44(32)36(46)33(25-13-8-6-9-14-25)41-38(48)51-20-12-5-3-4-7-16-27-21-26-15-10-11-17-31(26)40-35(27)52-29/h2,7,10-11,15-17,21,25,28-30,32-33H,1,3-6,8-9,12-14,18-20,22-24H2,(H,41,48)(H,42,45)(H,43,47)/b16-7+/t28-,29-,32+,33+,39-/m1/s1. The van der Waals surface area contributed by atoms with E-state index in [1.807, 2.05) is 36.4 Å². The van der Waals surface area contributed by atoms with Crippen LogP contribution in [-0.4, -0.2) is 84.2 Å². The molecule has 2 aromatic rings. The van der Waals surface area contributed by atoms with Crippen LogP contribution in [-0.2, 0) is 29.1 Å². The Morgan fingerprint density at radius 3 is 2.57 bits per heavy atom. The molecule has 0 unspecified atom stereocenters. The second-order valence-electron chi connectivity index (χ2n) is 15.1. The number of nitrogens with zero attached hydrogens (tertiary/aromatic N) is 2. The SMILES string of the molecule is C=C[C@@H]1C[C@]1(NC(=O)[C@@H]1C[C@@H]2CN1C(=O)[C@H](C1CCCCC1)NC(=O)OCCCCC/C=C/c1cc3ccccc3nc1O2)C(=O)NS(=O)(=O)C1CC1. The molecule has 3 heterocycles. The summed E-state index contributed by atoms with van der Waals surface area (Å²) in [4.78, 5) is 62.0. The highest BCUT2D eigenvalue weighted by Crippen LogP contribution is 2.45. The van der Waals surface area contributed by atoms with Crippen LogP contribution >= 0.6 is 0 Å². The first-order valence-corrected chi connectivity index (χ1v) is 20.6. The smallest absolute Gasteiger partial charge is 0.407 e. The van der Waals surface area contributed by atoms with Crippen molar-refractivity contribution < 1.29 is 37.1 Å². The van der Waals surface area contributed by atoms with E-state index in [2.05, 4.69) is 28.0 Å². The molecule has 1 aromatic carbocycles. The fraction of sp³-hybridized carbons (Fsp3) is 0.564. The molecule has 284 valence electrons. The zero-order valence-electron chi connectivity index (χ0n) is 30.0. The maximum Gasteiger partial charge on any atom is 0.407 e. The van der Waals surface area contributed by atoms with E-state index in [4.69, 9.17) is 14.5 Å². The number of fused-ring (bicyclic) bond motifs is 4. The lowest BCUT2D eigenvalue weighted by Gasteiger charge is -2.34. The molecule has 5 aliphatic rings. The van der Waals surface area contributed by atoms with Crippen molar-refractivity contribution in [3.8, 4) is 5.88 Å². The minimum Gasteiger partial charge on any atom is -0.472 e. The Bertz CT molecular complexity index is 1890. The Balaban J connectivity index is 1.21. The number of allylic oxidation sites excluding steroid dienone is 1. The van der Waals surface area contributed by atoms with Crippen molar-refractivity contribution in [2.24, 2.45) is 11.8 Å². The first-order chi connectivity index (χ1) is 25.6. The van der Waals surface area contributed by atoms with Gasteiger partial charge in [0, 0.05) is 23.3 Å². The minimum absolute atomic E-state index is 0.0225. The molecule has 5 atom stereocenters. The third-order valence-corrected chi connectivity index (χ3v) is 13.1. The Kier molecular flexibility index (Phi) is 10.8. The van der Waals surface area contributed by atoms with Crippen LogP contribution in [0.15, 0.2) is 49.1 Å². The predicted molar refractivity (Wildman–Crippen MR) is 198 cm³/mol. The number of para-hydroxylation sites is 1. The van der Waals surface area contributed by atoms with Gasteiger partial charge < -0.3 is 25.0 Å². The molecule has 0 radical (unpaired) electrons. The number of aromatic nitrogens is 1. The van der Waals surface area contributed by atoms with Crippen LogP contribution in [0.3, 0.4) is 0 Å². The Labute approximate surface area is 310 Å². The molecule has 7 rings (SSSR count). The van der Waals surface area contributed by atoms with Crippen molar-refractivity contribution in [1.29, 1.82) is 0 Å². The fourth-order valence-electron chi connectivity index (χ4n) is 7.99. The molecular weight excluding hydrogens is 699 g/mol. The number of carbonyl (C=O) groups excluding carboxylic acids is 4. The number of alkyl carbamates (subject to hydrolysis) is 1. The largest absolute Gasteiger partial charge is 0.472 e. The van der Waals surface area contributed by atoms with E-state index in [1.54, 1.807) is 0 Å². The van der Waals surface area contributed by atoms with Crippen LogP contribution in [0.5, 0.6) is 5.88 Å². The van der Waals surface area contributed by atoms with Crippen LogP contribution < -0.4 is 20.1 Å². The molecule has 3 saturated carbocycles. The van der Waals surface area contributed by atoms with E-state index in [0.717, 1.165) is 67.8 Å². The third kappa shape index (κ3) is 8.22. The van der Waals surface area contributed by atoms with Crippen molar-refractivity contribution >= 4 is 50.8 Å². The maximum atomic E-state index is 14.7. The van der Waals surface area contributed by atoms with Gasteiger partial charge in [0.1, 0.15) is 23.7 Å². The summed E-state index contributed by atoms with van der Waals surface area (Å²) in [5, 5.41) is 6.02. The van der Waals surface area contributed by atoms with Gasteiger partial charge in [-0.05, 0) is 75.8 Å². The van der Waals surface area contributed by atoms with Crippen LogP contribution in [0, 0.1) is 11.8 Å². The molecule has 14 heteroatoms. The maximum absolute atomic E-state index is 14.7. The summed E-state index contributed by atoms with van der Waals surface area (Å²) >= 11 is 0. The number of pyridine rings is 1. The lowest BCUT2D eigenvalue weighted by Crippen LogP contribution is -2.59. The van der Waals surface area contributed by atoms with E-state index in [9.17, 15) is 27.6 Å². The molecule has 4 fully saturated rings. The summed E-state index contributed by atoms with van der Waals surface area (Å²) in [6.45, 7) is 4.04. The van der Waals surface area contributed by atoms with Gasteiger partial charge in [-0.1, -0.05) is 55.7 Å². The monoisotopic (exact) mass is 747 g/mol. The van der Waals surface area contributed by atoms with Gasteiger partial charge in [-0.2, -0.15) is 0 Å². The number of amides is 4. The number of hydrogen-bond acceptors (Lipinski definition) is 9. The molecule has 3 aliphatic carbocycles. The van der Waals surface area contributed by atoms with Gasteiger partial charge in [-0.25, -0.2) is 18.2 Å². The number of benzene rings is 1. The molecule has 1 saturated heterocycles. The molecular formula is C39H49N5O8S. The summed E-state index contributed by atoms with van der Waals surface area (Å²) in [6, 6.07) is 7.71. The molecule has 13 nitrogen and oxygen atoms in total. The first kappa shape index (κ1) is 36.9. The number of carbonyl (C=O) groups is 4. The molecule has 0 spiro atoms. The molecule has 3 N–H and O–H groups in total. The van der Waals surface area contributed by atoms with E-state index in [1.165, 1.54) is 11.0 Å². The minimum atomic E-state index is -3.88. The van der Waals surface area contributed by atoms with Crippen LogP contribution in [0.25, 0.3) is 17.0 Å². The lowest BCUT2D eigenvalue weighted by atomic mass is 9.83. The number of hydrogen-bond donors (Lipinski definition) is 3. The average Bonchev–Trinajstić information content (AvgIpc) is 4.08. The van der Waals surface area contributed by atoms with Crippen LogP contribution in [0.1, 0.15) is 89.0 Å². The van der Waals surface area contributed by atoms with E-state index < -0.39 is 68.7 Å². The molecule has 4 amide bonds. The number of ether oxygens (including phenoxy) is 2. The summed E-state index contributed by atoms with van der Waals surface area (Å²) in [7, 11) is -3.88. The highest BCUT2D eigenvalue weighted by Gasteiger charge is 2.62. The lowest BCUT2D eigenvalue weighted by molar-refractivity contribution is -0.142. The van der Waals surface area contributed by atoms with Gasteiger partial charge in [0.15, 0.2) is 0 Å². The third-order valence-electron chi connectivity index (χ3n) is 11.3. The highest BCUT2D eigenvalue weighted by molar-refractivity contribution is 7.91. The topological polar surface area (TPSA) is 173 Å². The summed E-state index contributed by atoms with van der Waals surface area (Å²) < 4.78 is 39.8. The van der Waals surface area contributed by atoms with Crippen molar-refractivity contribution in [3.63, 3.8) is 0 Å². The van der Waals surface area contributed by atoms with Gasteiger partial charge in [0.05, 0.1) is 23.9 Å². The van der Waals surface area contributed by atoms with E-state index in [0.29, 0.717) is 25.1 Å². The zero-order valence-corrected chi connectivity index (χ0v) is 30.8. The molecule has 2 aliphatic heterocycles. The quantitative estimate of drug-likeness (QED) is 0.345. The van der Waals surface area contributed by atoms with E-state index in [-0.39, 0.29) is 31.9 Å². The van der Waals surface area contributed by atoms with Crippen LogP contribution in [0.2, 0.25) is 0 Å². The van der Waals surface area contributed by atoms with Crippen molar-refractivity contribution in [1.82, 2.24) is 25.2 Å². The van der Waals surface area contributed by atoms with Crippen LogP contribution in [0.4, 0.5) is 4.79 Å². The summed E-state index contributed by atoms with van der Waals surface area (Å²) in [6.07, 6.45) is 13.0. The normalized spacial score (nSPS) is 29.3. The van der Waals surface area contributed by atoms with Gasteiger partial charge in [0.25, 0.3) is 5.91 Å². The van der Waals surface area contributed by atoms with E-state index >= 15 is 0 Å². The summed E-state index contributed by atoms with van der Waals surface area (Å²) in [5.74, 6) is -2.14. The average molecular weight is 748 g/mol. The Morgan fingerprint density at radius 2 is 1.81 bits per heavy atom. The van der Waals surface area contributed by atoms with Gasteiger partial charge >= 0.3 is 6.09 Å². The molecule has 53 heavy (non-hydrogen) atoms. The summed E-state index contributed by atoms with van der Waals surface area (Å²) in [5.41, 5.74) is -0.0189. The number of sulfonamides is 1. The van der Waals surface area contributed by atoms with Gasteiger partial charge in [-0.3, -0.25) is 19.1 Å². The second kappa shape index (κ2) is 15.5. The first-order valence-electron chi connectivity index (χ1n) is 19.1. The zero-order chi connectivity index (χ0) is 37.2. The molecule has 2 bridgehead atoms. The fourth-order valence-corrected chi connectivity index (χ4v) is 9.36. The van der Waals surface area contributed by atoms with Gasteiger partial charge in [0.2, 0.25) is 27.7 Å². The predicted octanol–water partition coefficient (Wildman–Crippen LogP) is 4.51. The van der Waals surface area contributed by atoms with Gasteiger partial charge in [-0.15, -0.1) is 6.58 Å². The second-order valence-corrected chi connectivity index (χ2v) is 17.1. The van der Waals surface area contributed by atoms with Crippen molar-refractivity contribution in [2.45, 2.75) is 112 Å². The Morgan fingerprint density at radius 1 is 1.04 bits per heavy atom. The Hall–Kier alpha value is -4.46. The number of rotatable bonds is 7. The number of nitrogens with one attached hydrogen (secondary N) is 3. The number of cyclic esters (lactones) is 1. The highest BCUT2D eigenvalue weighted by atomic mass is 32.2. The molecule has 1 aromatic heterocycles. The van der Waals surface area contributed by atoms with Crippen molar-refractivity contribution in [3.05, 3.63) is 54.6 Å². The van der Waals surface area contributed by atoms with Crippen molar-refractivity contribution in [2.75, 3.05) is 13.2 Å².